The normalized spacial score (nSPS) is 10.5. The van der Waals surface area contributed by atoms with Gasteiger partial charge < -0.3 is 18.9 Å². The highest BCUT2D eigenvalue weighted by atomic mass is 32.1. The molecule has 0 saturated heterocycles. The zero-order chi connectivity index (χ0) is 21.7. The zero-order valence-electron chi connectivity index (χ0n) is 17.1. The summed E-state index contributed by atoms with van der Waals surface area (Å²) in [5, 5.41) is 0.559. The molecule has 0 N–H and O–H groups in total. The van der Waals surface area contributed by atoms with Crippen molar-refractivity contribution in [2.45, 2.75) is 6.92 Å². The summed E-state index contributed by atoms with van der Waals surface area (Å²) in [6.07, 6.45) is 0. The van der Waals surface area contributed by atoms with Crippen LogP contribution in [0.1, 0.15) is 17.3 Å². The summed E-state index contributed by atoms with van der Waals surface area (Å²) in [6.45, 7) is 1.80. The second-order valence-corrected chi connectivity index (χ2v) is 7.07. The number of esters is 1. The quantitative estimate of drug-likeness (QED) is 0.505. The van der Waals surface area contributed by atoms with Gasteiger partial charge in [-0.05, 0) is 31.2 Å². The fraction of sp³-hybridized carbons (Fsp3) is 0.286. The molecule has 1 amide bonds. The number of fused-ring (bicyclic) bond motifs is 1. The molecule has 0 fully saturated rings. The van der Waals surface area contributed by atoms with Gasteiger partial charge in [0.25, 0.3) is 5.91 Å². The van der Waals surface area contributed by atoms with Gasteiger partial charge in [0.2, 0.25) is 5.75 Å². The number of carbonyl (C=O) groups is 2. The Hall–Kier alpha value is -3.33. The number of para-hydroxylation sites is 1. The molecule has 0 atom stereocenters. The molecule has 0 bridgehead atoms. The molecule has 3 aromatic rings. The fourth-order valence-electron chi connectivity index (χ4n) is 2.94. The molecule has 0 unspecified atom stereocenters. The summed E-state index contributed by atoms with van der Waals surface area (Å²) < 4.78 is 22.0. The number of amides is 1. The van der Waals surface area contributed by atoms with Crippen molar-refractivity contribution < 1.29 is 28.5 Å². The SMILES string of the molecule is CCN(C(=O)COC(=O)c1ccc(OC)c(OC)c1OC)c1nc2ccccc2s1. The number of thiazole rings is 1. The maximum atomic E-state index is 12.7. The average molecular weight is 430 g/mol. The van der Waals surface area contributed by atoms with Gasteiger partial charge in [0.05, 0.1) is 31.5 Å². The molecule has 2 aromatic carbocycles. The Labute approximate surface area is 177 Å². The molecule has 3 rings (SSSR count). The largest absolute Gasteiger partial charge is 0.493 e. The third-order valence-electron chi connectivity index (χ3n) is 4.38. The van der Waals surface area contributed by atoms with E-state index >= 15 is 0 Å². The lowest BCUT2D eigenvalue weighted by Gasteiger charge is -2.18. The Morgan fingerprint density at radius 1 is 1.00 bits per heavy atom. The van der Waals surface area contributed by atoms with E-state index in [4.69, 9.17) is 18.9 Å². The van der Waals surface area contributed by atoms with E-state index in [1.165, 1.54) is 43.6 Å². The molecular weight excluding hydrogens is 408 g/mol. The highest BCUT2D eigenvalue weighted by molar-refractivity contribution is 7.22. The number of rotatable bonds is 8. The Balaban J connectivity index is 1.75. The number of hydrogen-bond donors (Lipinski definition) is 0. The molecule has 158 valence electrons. The molecule has 0 saturated carbocycles. The standard InChI is InChI=1S/C21H22N2O6S/c1-5-23(21-22-14-8-6-7-9-16(14)30-21)17(24)12-29-20(25)13-10-11-15(26-2)19(28-4)18(13)27-3/h6-11H,5,12H2,1-4H3. The van der Waals surface area contributed by atoms with Crippen molar-refractivity contribution in [3.05, 3.63) is 42.0 Å². The number of anilines is 1. The first-order valence-electron chi connectivity index (χ1n) is 9.16. The fourth-order valence-corrected chi connectivity index (χ4v) is 3.99. The smallest absolute Gasteiger partial charge is 0.342 e. The number of aromatic nitrogens is 1. The number of likely N-dealkylation sites (N-methyl/N-ethyl adjacent to an activating group) is 1. The molecule has 0 aliphatic carbocycles. The van der Waals surface area contributed by atoms with Crippen LogP contribution in [0.4, 0.5) is 5.13 Å². The van der Waals surface area contributed by atoms with Crippen LogP contribution in [0.2, 0.25) is 0 Å². The minimum absolute atomic E-state index is 0.131. The van der Waals surface area contributed by atoms with E-state index in [1.807, 2.05) is 31.2 Å². The average Bonchev–Trinajstić information content (AvgIpc) is 3.20. The van der Waals surface area contributed by atoms with Gasteiger partial charge in [0.15, 0.2) is 23.2 Å². The first-order valence-corrected chi connectivity index (χ1v) is 9.97. The second-order valence-electron chi connectivity index (χ2n) is 6.06. The van der Waals surface area contributed by atoms with Crippen LogP contribution in [0.5, 0.6) is 17.2 Å². The van der Waals surface area contributed by atoms with Crippen molar-refractivity contribution >= 4 is 38.6 Å². The van der Waals surface area contributed by atoms with Crippen LogP contribution in [0, 0.1) is 0 Å². The van der Waals surface area contributed by atoms with Gasteiger partial charge >= 0.3 is 5.97 Å². The van der Waals surface area contributed by atoms with Gasteiger partial charge in [-0.25, -0.2) is 9.78 Å². The molecule has 0 radical (unpaired) electrons. The Morgan fingerprint density at radius 2 is 1.73 bits per heavy atom. The molecule has 0 aliphatic heterocycles. The summed E-state index contributed by atoms with van der Waals surface area (Å²) in [6, 6.07) is 10.7. The number of ether oxygens (including phenoxy) is 4. The van der Waals surface area contributed by atoms with Gasteiger partial charge in [0.1, 0.15) is 5.56 Å². The molecule has 9 heteroatoms. The Bertz CT molecular complexity index is 1030. The summed E-state index contributed by atoms with van der Waals surface area (Å²) in [5.74, 6) is -0.223. The van der Waals surface area contributed by atoms with Gasteiger partial charge in [-0.2, -0.15) is 0 Å². The third kappa shape index (κ3) is 4.16. The van der Waals surface area contributed by atoms with E-state index in [0.29, 0.717) is 17.4 Å². The number of benzene rings is 2. The van der Waals surface area contributed by atoms with Crippen molar-refractivity contribution in [1.29, 1.82) is 0 Å². The topological polar surface area (TPSA) is 87.2 Å². The molecular formula is C21H22N2O6S. The molecule has 0 spiro atoms. The van der Waals surface area contributed by atoms with Crippen molar-refractivity contribution in [2.24, 2.45) is 0 Å². The van der Waals surface area contributed by atoms with Gasteiger partial charge in [0, 0.05) is 6.54 Å². The lowest BCUT2D eigenvalue weighted by Crippen LogP contribution is -2.34. The van der Waals surface area contributed by atoms with Crippen LogP contribution in [0.15, 0.2) is 36.4 Å². The van der Waals surface area contributed by atoms with Gasteiger partial charge in [-0.3, -0.25) is 9.69 Å². The second kappa shape index (κ2) is 9.45. The first-order chi connectivity index (χ1) is 14.5. The van der Waals surface area contributed by atoms with Crippen molar-refractivity contribution in [1.82, 2.24) is 4.98 Å². The van der Waals surface area contributed by atoms with Crippen LogP contribution in [-0.2, 0) is 9.53 Å². The van der Waals surface area contributed by atoms with Crippen LogP contribution in [-0.4, -0.2) is 51.3 Å². The predicted molar refractivity (Wildman–Crippen MR) is 114 cm³/mol. The first kappa shape index (κ1) is 21.4. The van der Waals surface area contributed by atoms with Crippen LogP contribution in [0.25, 0.3) is 10.2 Å². The number of hydrogen-bond acceptors (Lipinski definition) is 8. The summed E-state index contributed by atoms with van der Waals surface area (Å²) >= 11 is 1.41. The summed E-state index contributed by atoms with van der Waals surface area (Å²) in [4.78, 5) is 31.3. The summed E-state index contributed by atoms with van der Waals surface area (Å²) in [7, 11) is 4.33. The van der Waals surface area contributed by atoms with Crippen molar-refractivity contribution in [3.63, 3.8) is 0 Å². The predicted octanol–water partition coefficient (Wildman–Crippen LogP) is 3.53. The molecule has 30 heavy (non-hydrogen) atoms. The van der Waals surface area contributed by atoms with Crippen molar-refractivity contribution in [3.8, 4) is 17.2 Å². The lowest BCUT2D eigenvalue weighted by atomic mass is 10.1. The molecule has 0 aliphatic rings. The monoisotopic (exact) mass is 430 g/mol. The number of nitrogens with zero attached hydrogens (tertiary/aromatic N) is 2. The van der Waals surface area contributed by atoms with Crippen molar-refractivity contribution in [2.75, 3.05) is 39.4 Å². The Morgan fingerprint density at radius 3 is 2.37 bits per heavy atom. The summed E-state index contributed by atoms with van der Waals surface area (Å²) in [5.41, 5.74) is 0.946. The highest BCUT2D eigenvalue weighted by Crippen LogP contribution is 2.40. The number of carbonyl (C=O) groups excluding carboxylic acids is 2. The van der Waals surface area contributed by atoms with E-state index in [0.717, 1.165) is 10.2 Å². The third-order valence-corrected chi connectivity index (χ3v) is 5.44. The van der Waals surface area contributed by atoms with E-state index in [1.54, 1.807) is 6.07 Å². The molecule has 1 aromatic heterocycles. The lowest BCUT2D eigenvalue weighted by molar-refractivity contribution is -0.121. The molecule has 8 nitrogen and oxygen atoms in total. The minimum Gasteiger partial charge on any atom is -0.493 e. The van der Waals surface area contributed by atoms with E-state index in [9.17, 15) is 9.59 Å². The zero-order valence-corrected chi connectivity index (χ0v) is 17.9. The highest BCUT2D eigenvalue weighted by Gasteiger charge is 2.24. The maximum absolute atomic E-state index is 12.7. The number of methoxy groups -OCH3 is 3. The van der Waals surface area contributed by atoms with Gasteiger partial charge in [-0.1, -0.05) is 23.5 Å². The van der Waals surface area contributed by atoms with Gasteiger partial charge in [-0.15, -0.1) is 0 Å². The minimum atomic E-state index is -0.707. The van der Waals surface area contributed by atoms with Crippen LogP contribution >= 0.6 is 11.3 Å². The van der Waals surface area contributed by atoms with E-state index in [-0.39, 0.29) is 23.0 Å². The maximum Gasteiger partial charge on any atom is 0.342 e. The van der Waals surface area contributed by atoms with E-state index in [2.05, 4.69) is 4.98 Å². The Kier molecular flexibility index (Phi) is 6.73. The van der Waals surface area contributed by atoms with E-state index < -0.39 is 12.6 Å². The van der Waals surface area contributed by atoms with Crippen LogP contribution in [0.3, 0.4) is 0 Å². The van der Waals surface area contributed by atoms with Crippen LogP contribution < -0.4 is 19.1 Å². The molecule has 1 heterocycles.